The molecule has 1 heterocycles. The Hall–Kier alpha value is -1.58. The van der Waals surface area contributed by atoms with Crippen LogP contribution in [0.3, 0.4) is 0 Å². The minimum Gasteiger partial charge on any atom is -0.322 e. The molecule has 0 saturated carbocycles. The van der Waals surface area contributed by atoms with Gasteiger partial charge >= 0.3 is 0 Å². The Morgan fingerprint density at radius 3 is 2.94 bits per heavy atom. The van der Waals surface area contributed by atoms with Crippen molar-refractivity contribution in [3.05, 3.63) is 57.8 Å². The molecule has 86 valence electrons. The normalized spacial score (nSPS) is 10.6. The molecule has 0 bridgehead atoms. The first-order chi connectivity index (χ1) is 8.24. The monoisotopic (exact) mass is 263 g/mol. The van der Waals surface area contributed by atoms with Gasteiger partial charge in [-0.3, -0.25) is 4.79 Å². The molecule has 0 radical (unpaired) electrons. The zero-order chi connectivity index (χ0) is 12.1. The van der Waals surface area contributed by atoms with Crippen LogP contribution in [-0.4, -0.2) is 5.91 Å². The highest BCUT2D eigenvalue weighted by atomic mass is 35.5. The third-order valence-electron chi connectivity index (χ3n) is 2.06. The number of benzene rings is 1. The Labute approximate surface area is 109 Å². The zero-order valence-corrected chi connectivity index (χ0v) is 10.5. The zero-order valence-electron chi connectivity index (χ0n) is 8.89. The van der Waals surface area contributed by atoms with Crippen LogP contribution in [0.4, 0.5) is 5.69 Å². The highest BCUT2D eigenvalue weighted by Crippen LogP contribution is 2.15. The summed E-state index contributed by atoms with van der Waals surface area (Å²) in [5, 5.41) is 7.28. The number of amides is 1. The second-order valence-electron chi connectivity index (χ2n) is 3.39. The van der Waals surface area contributed by atoms with Gasteiger partial charge < -0.3 is 5.32 Å². The lowest BCUT2D eigenvalue weighted by molar-refractivity contribution is -0.111. The van der Waals surface area contributed by atoms with Crippen LogP contribution >= 0.6 is 22.9 Å². The fraction of sp³-hybridized carbons (Fsp3) is 0. The Morgan fingerprint density at radius 1 is 1.35 bits per heavy atom. The molecule has 0 spiro atoms. The topological polar surface area (TPSA) is 29.1 Å². The molecule has 17 heavy (non-hydrogen) atoms. The van der Waals surface area contributed by atoms with Crippen LogP contribution in [0.5, 0.6) is 0 Å². The molecular weight excluding hydrogens is 254 g/mol. The van der Waals surface area contributed by atoms with Crippen molar-refractivity contribution in [3.8, 4) is 0 Å². The summed E-state index contributed by atoms with van der Waals surface area (Å²) in [4.78, 5) is 11.6. The highest BCUT2D eigenvalue weighted by Gasteiger charge is 1.98. The van der Waals surface area contributed by atoms with Crippen LogP contribution in [0.1, 0.15) is 5.56 Å². The largest absolute Gasteiger partial charge is 0.322 e. The Bertz CT molecular complexity index is 534. The number of hydrogen-bond acceptors (Lipinski definition) is 2. The number of carbonyl (C=O) groups is 1. The van der Waals surface area contributed by atoms with Gasteiger partial charge in [-0.05, 0) is 46.7 Å². The summed E-state index contributed by atoms with van der Waals surface area (Å²) in [7, 11) is 0. The smallest absolute Gasteiger partial charge is 0.248 e. The van der Waals surface area contributed by atoms with E-state index in [0.29, 0.717) is 10.7 Å². The van der Waals surface area contributed by atoms with E-state index in [0.717, 1.165) is 5.56 Å². The van der Waals surface area contributed by atoms with Gasteiger partial charge in [0.2, 0.25) is 5.91 Å². The lowest BCUT2D eigenvalue weighted by Crippen LogP contribution is -2.07. The average molecular weight is 264 g/mol. The molecule has 1 aromatic carbocycles. The van der Waals surface area contributed by atoms with Crippen molar-refractivity contribution < 1.29 is 4.79 Å². The molecule has 0 fully saturated rings. The maximum absolute atomic E-state index is 11.6. The molecule has 0 aliphatic rings. The average Bonchev–Trinajstić information content (AvgIpc) is 2.79. The first kappa shape index (κ1) is 11.9. The molecule has 0 aliphatic carbocycles. The van der Waals surface area contributed by atoms with Gasteiger partial charge in [0.05, 0.1) is 0 Å². The van der Waals surface area contributed by atoms with Gasteiger partial charge in [0.1, 0.15) is 0 Å². The van der Waals surface area contributed by atoms with E-state index in [-0.39, 0.29) is 5.91 Å². The van der Waals surface area contributed by atoms with Crippen molar-refractivity contribution >= 4 is 40.6 Å². The van der Waals surface area contributed by atoms with Gasteiger partial charge in [0.15, 0.2) is 0 Å². The standard InChI is InChI=1S/C13H10ClNOS/c14-11-2-1-3-12(8-11)15-13(16)5-4-10-6-7-17-9-10/h1-9H,(H,15,16)/b5-4+. The van der Waals surface area contributed by atoms with Crippen LogP contribution in [-0.2, 0) is 4.79 Å². The van der Waals surface area contributed by atoms with Crippen molar-refractivity contribution in [3.63, 3.8) is 0 Å². The predicted molar refractivity (Wildman–Crippen MR) is 73.4 cm³/mol. The second-order valence-corrected chi connectivity index (χ2v) is 4.61. The molecule has 2 rings (SSSR count). The molecule has 0 unspecified atom stereocenters. The molecule has 1 N–H and O–H groups in total. The molecule has 0 saturated heterocycles. The summed E-state index contributed by atoms with van der Waals surface area (Å²) >= 11 is 7.42. The molecule has 0 aliphatic heterocycles. The second kappa shape index (κ2) is 5.66. The third-order valence-corrected chi connectivity index (χ3v) is 3.00. The van der Waals surface area contributed by atoms with E-state index in [1.165, 1.54) is 6.08 Å². The summed E-state index contributed by atoms with van der Waals surface area (Å²) in [6.45, 7) is 0. The first-order valence-electron chi connectivity index (χ1n) is 5.01. The van der Waals surface area contributed by atoms with Crippen molar-refractivity contribution in [2.24, 2.45) is 0 Å². The number of carbonyl (C=O) groups excluding carboxylic acids is 1. The van der Waals surface area contributed by atoms with Gasteiger partial charge in [-0.2, -0.15) is 11.3 Å². The Kier molecular flexibility index (Phi) is 3.96. The van der Waals surface area contributed by atoms with E-state index in [4.69, 9.17) is 11.6 Å². The highest BCUT2D eigenvalue weighted by molar-refractivity contribution is 7.08. The minimum atomic E-state index is -0.168. The van der Waals surface area contributed by atoms with Crippen LogP contribution in [0.2, 0.25) is 5.02 Å². The summed E-state index contributed by atoms with van der Waals surface area (Å²) in [6, 6.07) is 9.01. The summed E-state index contributed by atoms with van der Waals surface area (Å²) < 4.78 is 0. The van der Waals surface area contributed by atoms with E-state index in [1.54, 1.807) is 41.7 Å². The van der Waals surface area contributed by atoms with Crippen molar-refractivity contribution in [1.82, 2.24) is 0 Å². The molecule has 4 heteroatoms. The Morgan fingerprint density at radius 2 is 2.24 bits per heavy atom. The van der Waals surface area contributed by atoms with E-state index < -0.39 is 0 Å². The first-order valence-corrected chi connectivity index (χ1v) is 6.33. The number of thiophene rings is 1. The fourth-order valence-electron chi connectivity index (χ4n) is 1.29. The van der Waals surface area contributed by atoms with Crippen LogP contribution in [0.25, 0.3) is 6.08 Å². The van der Waals surface area contributed by atoms with E-state index in [1.807, 2.05) is 16.8 Å². The van der Waals surface area contributed by atoms with Crippen LogP contribution < -0.4 is 5.32 Å². The quantitative estimate of drug-likeness (QED) is 0.832. The van der Waals surface area contributed by atoms with E-state index in [2.05, 4.69) is 5.32 Å². The van der Waals surface area contributed by atoms with Crippen molar-refractivity contribution in [2.45, 2.75) is 0 Å². The van der Waals surface area contributed by atoms with Gasteiger partial charge in [0, 0.05) is 16.8 Å². The van der Waals surface area contributed by atoms with Gasteiger partial charge in [0.25, 0.3) is 0 Å². The maximum atomic E-state index is 11.6. The summed E-state index contributed by atoms with van der Waals surface area (Å²) in [6.07, 6.45) is 3.28. The van der Waals surface area contributed by atoms with Crippen LogP contribution in [0.15, 0.2) is 47.2 Å². The van der Waals surface area contributed by atoms with Gasteiger partial charge in [-0.25, -0.2) is 0 Å². The minimum absolute atomic E-state index is 0.168. The molecule has 1 aromatic heterocycles. The predicted octanol–water partition coefficient (Wildman–Crippen LogP) is 4.05. The number of anilines is 1. The molecule has 2 nitrogen and oxygen atoms in total. The number of hydrogen-bond donors (Lipinski definition) is 1. The molecule has 0 atom stereocenters. The lowest BCUT2D eigenvalue weighted by atomic mass is 10.3. The van der Waals surface area contributed by atoms with Crippen molar-refractivity contribution in [1.29, 1.82) is 0 Å². The number of nitrogens with one attached hydrogen (secondary N) is 1. The maximum Gasteiger partial charge on any atom is 0.248 e. The third kappa shape index (κ3) is 3.73. The van der Waals surface area contributed by atoms with E-state index >= 15 is 0 Å². The Balaban J connectivity index is 1.98. The van der Waals surface area contributed by atoms with Gasteiger partial charge in [-0.1, -0.05) is 17.7 Å². The number of halogens is 1. The SMILES string of the molecule is O=C(/C=C/c1ccsc1)Nc1cccc(Cl)c1. The summed E-state index contributed by atoms with van der Waals surface area (Å²) in [5.74, 6) is -0.168. The van der Waals surface area contributed by atoms with Crippen molar-refractivity contribution in [2.75, 3.05) is 5.32 Å². The lowest BCUT2D eigenvalue weighted by Gasteiger charge is -2.01. The van der Waals surface area contributed by atoms with Gasteiger partial charge in [-0.15, -0.1) is 0 Å². The molecule has 1 amide bonds. The molecular formula is C13H10ClNOS. The fourth-order valence-corrected chi connectivity index (χ4v) is 2.11. The number of rotatable bonds is 3. The van der Waals surface area contributed by atoms with Crippen LogP contribution in [0, 0.1) is 0 Å². The summed E-state index contributed by atoms with van der Waals surface area (Å²) in [5.41, 5.74) is 1.72. The van der Waals surface area contributed by atoms with E-state index in [9.17, 15) is 4.79 Å². The molecule has 2 aromatic rings.